The van der Waals surface area contributed by atoms with Crippen LogP contribution in [0.4, 0.5) is 0 Å². The van der Waals surface area contributed by atoms with Gasteiger partial charge >= 0.3 is 5.97 Å². The van der Waals surface area contributed by atoms with E-state index in [1.54, 1.807) is 11.9 Å². The number of nitrogens with zero attached hydrogens (tertiary/aromatic N) is 2. The number of hydrogen-bond donors (Lipinski definition) is 1. The molecule has 1 aromatic heterocycles. The van der Waals surface area contributed by atoms with E-state index in [1.165, 1.54) is 37.5 Å². The Morgan fingerprint density at radius 2 is 2.11 bits per heavy atom. The van der Waals surface area contributed by atoms with Gasteiger partial charge in [0.15, 0.2) is 10.7 Å². The van der Waals surface area contributed by atoms with E-state index in [-0.39, 0.29) is 16.6 Å². The van der Waals surface area contributed by atoms with Crippen LogP contribution in [0.15, 0.2) is 5.38 Å². The van der Waals surface area contributed by atoms with Crippen LogP contribution in [0.5, 0.6) is 0 Å². The Hall–Kier alpha value is -1.43. The molecule has 1 fully saturated rings. The molecule has 5 nitrogen and oxygen atoms in total. The molecule has 0 spiro atoms. The maximum Gasteiger partial charge on any atom is 0.355 e. The summed E-state index contributed by atoms with van der Waals surface area (Å²) >= 11 is 1.09. The molecule has 0 bridgehead atoms. The standard InChI is InChI=1S/C13H18N2O3S/c1-15(7-9-5-3-2-4-6-9)12(16)11-14-10(8-19-11)13(17)18/h8-9H,2-7H2,1H3,(H,17,18). The van der Waals surface area contributed by atoms with Crippen LogP contribution in [0.2, 0.25) is 0 Å². The SMILES string of the molecule is CN(CC1CCCCC1)C(=O)c1nc(C(=O)O)cs1. The van der Waals surface area contributed by atoms with Gasteiger partial charge in [-0.3, -0.25) is 4.79 Å². The van der Waals surface area contributed by atoms with E-state index in [1.807, 2.05) is 0 Å². The van der Waals surface area contributed by atoms with E-state index in [0.29, 0.717) is 5.92 Å². The first-order valence-electron chi connectivity index (χ1n) is 6.52. The predicted octanol–water partition coefficient (Wildman–Crippen LogP) is 2.49. The molecule has 0 aromatic carbocycles. The Balaban J connectivity index is 1.95. The van der Waals surface area contributed by atoms with Crippen LogP contribution in [-0.4, -0.2) is 40.5 Å². The second-order valence-electron chi connectivity index (χ2n) is 5.03. The molecule has 0 atom stereocenters. The number of aromatic carboxylic acids is 1. The molecule has 1 N–H and O–H groups in total. The average Bonchev–Trinajstić information content (AvgIpc) is 2.88. The molecule has 0 radical (unpaired) electrons. The van der Waals surface area contributed by atoms with Gasteiger partial charge in [-0.25, -0.2) is 9.78 Å². The third-order valence-corrected chi connectivity index (χ3v) is 4.34. The van der Waals surface area contributed by atoms with Gasteiger partial charge < -0.3 is 10.0 Å². The van der Waals surface area contributed by atoms with Crippen molar-refractivity contribution in [3.8, 4) is 0 Å². The van der Waals surface area contributed by atoms with Gasteiger partial charge in [0.05, 0.1) is 0 Å². The number of rotatable bonds is 4. The van der Waals surface area contributed by atoms with Gasteiger partial charge in [0, 0.05) is 19.0 Å². The Morgan fingerprint density at radius 3 is 2.68 bits per heavy atom. The topological polar surface area (TPSA) is 70.5 Å². The average molecular weight is 282 g/mol. The summed E-state index contributed by atoms with van der Waals surface area (Å²) in [6, 6.07) is 0. The van der Waals surface area contributed by atoms with Crippen molar-refractivity contribution in [2.24, 2.45) is 5.92 Å². The number of amides is 1. The lowest BCUT2D eigenvalue weighted by Crippen LogP contribution is -2.32. The molecule has 1 aromatic rings. The number of carboxylic acid groups (broad SMARTS) is 1. The van der Waals surface area contributed by atoms with Gasteiger partial charge in [0.2, 0.25) is 0 Å². The Kier molecular flexibility index (Phi) is 4.52. The van der Waals surface area contributed by atoms with Crippen LogP contribution in [0, 0.1) is 5.92 Å². The van der Waals surface area contributed by atoms with Crippen molar-refractivity contribution in [3.63, 3.8) is 0 Å². The van der Waals surface area contributed by atoms with Crippen molar-refractivity contribution in [3.05, 3.63) is 16.1 Å². The van der Waals surface area contributed by atoms with Gasteiger partial charge in [0.1, 0.15) is 0 Å². The number of hydrogen-bond acceptors (Lipinski definition) is 4. The summed E-state index contributed by atoms with van der Waals surface area (Å²) in [7, 11) is 1.76. The lowest BCUT2D eigenvalue weighted by Gasteiger charge is -2.26. The zero-order valence-corrected chi connectivity index (χ0v) is 11.8. The third-order valence-electron chi connectivity index (χ3n) is 3.51. The quantitative estimate of drug-likeness (QED) is 0.921. The summed E-state index contributed by atoms with van der Waals surface area (Å²) in [5.74, 6) is -0.699. The molecule has 1 saturated carbocycles. The molecule has 6 heteroatoms. The first-order chi connectivity index (χ1) is 9.08. The molecule has 2 rings (SSSR count). The number of aromatic nitrogens is 1. The molecule has 1 aliphatic rings. The fourth-order valence-corrected chi connectivity index (χ4v) is 3.26. The summed E-state index contributed by atoms with van der Waals surface area (Å²) in [6.45, 7) is 0.737. The molecule has 1 heterocycles. The highest BCUT2D eigenvalue weighted by atomic mass is 32.1. The van der Waals surface area contributed by atoms with Crippen molar-refractivity contribution in [2.75, 3.05) is 13.6 Å². The van der Waals surface area contributed by atoms with Crippen molar-refractivity contribution < 1.29 is 14.7 Å². The van der Waals surface area contributed by atoms with E-state index in [4.69, 9.17) is 5.11 Å². The Labute approximate surface area is 116 Å². The largest absolute Gasteiger partial charge is 0.476 e. The van der Waals surface area contributed by atoms with E-state index in [0.717, 1.165) is 17.9 Å². The van der Waals surface area contributed by atoms with Crippen molar-refractivity contribution in [2.45, 2.75) is 32.1 Å². The summed E-state index contributed by atoms with van der Waals surface area (Å²) in [5, 5.41) is 10.5. The van der Waals surface area contributed by atoms with Crippen molar-refractivity contribution in [1.82, 2.24) is 9.88 Å². The van der Waals surface area contributed by atoms with E-state index in [9.17, 15) is 9.59 Å². The van der Waals surface area contributed by atoms with Gasteiger partial charge in [0.25, 0.3) is 5.91 Å². The summed E-state index contributed by atoms with van der Waals surface area (Å²) in [5.41, 5.74) is -0.0561. The second-order valence-corrected chi connectivity index (χ2v) is 5.89. The van der Waals surface area contributed by atoms with Gasteiger partial charge in [-0.2, -0.15) is 0 Å². The minimum absolute atomic E-state index is 0.0561. The Bertz CT molecular complexity index is 466. The van der Waals surface area contributed by atoms with Gasteiger partial charge in [-0.05, 0) is 18.8 Å². The van der Waals surface area contributed by atoms with Gasteiger partial charge in [-0.15, -0.1) is 11.3 Å². The zero-order chi connectivity index (χ0) is 13.8. The summed E-state index contributed by atoms with van der Waals surface area (Å²) < 4.78 is 0. The first kappa shape index (κ1) is 14.0. The minimum atomic E-state index is -1.09. The number of carboxylic acids is 1. The molecular formula is C13H18N2O3S. The zero-order valence-electron chi connectivity index (χ0n) is 11.0. The molecular weight excluding hydrogens is 264 g/mol. The summed E-state index contributed by atoms with van der Waals surface area (Å²) in [6.07, 6.45) is 6.13. The fraction of sp³-hybridized carbons (Fsp3) is 0.615. The lowest BCUT2D eigenvalue weighted by molar-refractivity contribution is 0.0691. The third kappa shape index (κ3) is 3.53. The maximum atomic E-state index is 12.1. The molecule has 1 aliphatic carbocycles. The molecule has 0 saturated heterocycles. The summed E-state index contributed by atoms with van der Waals surface area (Å²) in [4.78, 5) is 28.4. The number of thiazole rings is 1. The van der Waals surface area contributed by atoms with E-state index >= 15 is 0 Å². The first-order valence-corrected chi connectivity index (χ1v) is 7.40. The predicted molar refractivity (Wildman–Crippen MR) is 72.6 cm³/mol. The normalized spacial score (nSPS) is 16.3. The minimum Gasteiger partial charge on any atom is -0.476 e. The number of carbonyl (C=O) groups excluding carboxylic acids is 1. The van der Waals surface area contributed by atoms with Crippen molar-refractivity contribution in [1.29, 1.82) is 0 Å². The molecule has 0 aliphatic heterocycles. The highest BCUT2D eigenvalue weighted by molar-refractivity contribution is 7.11. The van der Waals surface area contributed by atoms with E-state index < -0.39 is 5.97 Å². The Morgan fingerprint density at radius 1 is 1.42 bits per heavy atom. The molecule has 0 unspecified atom stereocenters. The van der Waals surface area contributed by atoms with E-state index in [2.05, 4.69) is 4.98 Å². The van der Waals surface area contributed by atoms with Crippen LogP contribution < -0.4 is 0 Å². The van der Waals surface area contributed by atoms with Crippen LogP contribution in [0.25, 0.3) is 0 Å². The molecule has 104 valence electrons. The molecule has 19 heavy (non-hydrogen) atoms. The fourth-order valence-electron chi connectivity index (χ4n) is 2.47. The highest BCUT2D eigenvalue weighted by Crippen LogP contribution is 2.24. The van der Waals surface area contributed by atoms with Gasteiger partial charge in [-0.1, -0.05) is 19.3 Å². The highest BCUT2D eigenvalue weighted by Gasteiger charge is 2.22. The van der Waals surface area contributed by atoms with Crippen LogP contribution in [0.3, 0.4) is 0 Å². The maximum absolute atomic E-state index is 12.1. The van der Waals surface area contributed by atoms with Crippen molar-refractivity contribution >= 4 is 23.2 Å². The molecule has 1 amide bonds. The smallest absolute Gasteiger partial charge is 0.355 e. The lowest BCUT2D eigenvalue weighted by atomic mass is 9.89. The van der Waals surface area contributed by atoms with Crippen LogP contribution in [0.1, 0.15) is 52.4 Å². The van der Waals surface area contributed by atoms with Crippen LogP contribution >= 0.6 is 11.3 Å². The number of carbonyl (C=O) groups is 2. The second kappa shape index (κ2) is 6.14. The van der Waals surface area contributed by atoms with Crippen LogP contribution in [-0.2, 0) is 0 Å². The monoisotopic (exact) mass is 282 g/mol.